The molecule has 0 heterocycles. The average Bonchev–Trinajstić information content (AvgIpc) is 2.56. The van der Waals surface area contributed by atoms with Crippen LogP contribution >= 0.6 is 0 Å². The normalized spacial score (nSPS) is 9.71. The fourth-order valence-corrected chi connectivity index (χ4v) is 1.86. The molecule has 0 fully saturated rings. The van der Waals surface area contributed by atoms with E-state index in [1.807, 2.05) is 6.07 Å². The molecule has 6 nitrogen and oxygen atoms in total. The molecule has 24 heavy (non-hydrogen) atoms. The number of nitrogens with zero attached hydrogens (tertiary/aromatic N) is 1. The van der Waals surface area contributed by atoms with Gasteiger partial charge in [-0.1, -0.05) is 0 Å². The zero-order valence-electron chi connectivity index (χ0n) is 12.8. The molecule has 0 aromatic heterocycles. The number of carbonyl (C=O) groups is 2. The van der Waals surface area contributed by atoms with Crippen molar-refractivity contribution in [2.75, 3.05) is 17.2 Å². The SMILES string of the molecule is CC(=O)Nc1ccc(F)c(NC(=O)COc2ccc(C#N)cc2)c1. The van der Waals surface area contributed by atoms with Crippen LogP contribution in [-0.4, -0.2) is 18.4 Å². The zero-order valence-corrected chi connectivity index (χ0v) is 12.8. The molecule has 2 rings (SSSR count). The molecular weight excluding hydrogens is 313 g/mol. The van der Waals surface area contributed by atoms with Gasteiger partial charge in [0.15, 0.2) is 6.61 Å². The summed E-state index contributed by atoms with van der Waals surface area (Å²) in [6.07, 6.45) is 0. The van der Waals surface area contributed by atoms with Gasteiger partial charge in [0.05, 0.1) is 17.3 Å². The van der Waals surface area contributed by atoms with Crippen LogP contribution in [0, 0.1) is 17.1 Å². The summed E-state index contributed by atoms with van der Waals surface area (Å²) in [6.45, 7) is 1.00. The molecule has 0 spiro atoms. The van der Waals surface area contributed by atoms with E-state index >= 15 is 0 Å². The summed E-state index contributed by atoms with van der Waals surface area (Å²) in [5.41, 5.74) is 0.783. The molecule has 0 radical (unpaired) electrons. The minimum atomic E-state index is -0.629. The number of amides is 2. The van der Waals surface area contributed by atoms with Crippen molar-refractivity contribution in [1.29, 1.82) is 5.26 Å². The number of halogens is 1. The number of hydrogen-bond donors (Lipinski definition) is 2. The van der Waals surface area contributed by atoms with Gasteiger partial charge in [-0.05, 0) is 42.5 Å². The number of anilines is 2. The van der Waals surface area contributed by atoms with Gasteiger partial charge in [-0.3, -0.25) is 9.59 Å². The van der Waals surface area contributed by atoms with E-state index in [1.54, 1.807) is 24.3 Å². The van der Waals surface area contributed by atoms with Gasteiger partial charge in [-0.15, -0.1) is 0 Å². The van der Waals surface area contributed by atoms with Crippen molar-refractivity contribution in [1.82, 2.24) is 0 Å². The Labute approximate surface area is 137 Å². The molecule has 0 unspecified atom stereocenters. The third-order valence-electron chi connectivity index (χ3n) is 2.91. The first-order valence-corrected chi connectivity index (χ1v) is 6.98. The Morgan fingerprint density at radius 1 is 1.17 bits per heavy atom. The van der Waals surface area contributed by atoms with Crippen molar-refractivity contribution in [3.63, 3.8) is 0 Å². The highest BCUT2D eigenvalue weighted by molar-refractivity contribution is 5.94. The number of carbonyl (C=O) groups excluding carboxylic acids is 2. The third-order valence-corrected chi connectivity index (χ3v) is 2.91. The highest BCUT2D eigenvalue weighted by atomic mass is 19.1. The summed E-state index contributed by atoms with van der Waals surface area (Å²) < 4.78 is 19.0. The second-order valence-electron chi connectivity index (χ2n) is 4.85. The lowest BCUT2D eigenvalue weighted by molar-refractivity contribution is -0.118. The highest BCUT2D eigenvalue weighted by Crippen LogP contribution is 2.20. The van der Waals surface area contributed by atoms with Crippen molar-refractivity contribution in [3.05, 3.63) is 53.8 Å². The lowest BCUT2D eigenvalue weighted by atomic mass is 10.2. The molecule has 0 bridgehead atoms. The van der Waals surface area contributed by atoms with Crippen LogP contribution in [0.15, 0.2) is 42.5 Å². The van der Waals surface area contributed by atoms with E-state index in [0.29, 0.717) is 17.0 Å². The van der Waals surface area contributed by atoms with Crippen molar-refractivity contribution < 1.29 is 18.7 Å². The lowest BCUT2D eigenvalue weighted by Crippen LogP contribution is -2.21. The van der Waals surface area contributed by atoms with E-state index in [1.165, 1.54) is 19.1 Å². The van der Waals surface area contributed by atoms with E-state index in [4.69, 9.17) is 10.00 Å². The Kier molecular flexibility index (Phi) is 5.47. The van der Waals surface area contributed by atoms with Crippen molar-refractivity contribution >= 4 is 23.2 Å². The fourth-order valence-electron chi connectivity index (χ4n) is 1.86. The first-order chi connectivity index (χ1) is 11.5. The van der Waals surface area contributed by atoms with Crippen LogP contribution in [0.3, 0.4) is 0 Å². The van der Waals surface area contributed by atoms with Gasteiger partial charge in [0.25, 0.3) is 5.91 Å². The van der Waals surface area contributed by atoms with Crippen LogP contribution < -0.4 is 15.4 Å². The minimum Gasteiger partial charge on any atom is -0.484 e. The number of nitrogens with one attached hydrogen (secondary N) is 2. The monoisotopic (exact) mass is 327 g/mol. The van der Waals surface area contributed by atoms with Gasteiger partial charge in [-0.2, -0.15) is 5.26 Å². The van der Waals surface area contributed by atoms with Crippen LogP contribution in [0.2, 0.25) is 0 Å². The summed E-state index contributed by atoms with van der Waals surface area (Å²) in [5.74, 6) is -1.08. The predicted octanol–water partition coefficient (Wildman–Crippen LogP) is 2.67. The first-order valence-electron chi connectivity index (χ1n) is 6.98. The summed E-state index contributed by atoms with van der Waals surface area (Å²) in [7, 11) is 0. The van der Waals surface area contributed by atoms with E-state index in [-0.39, 0.29) is 18.2 Å². The minimum absolute atomic E-state index is 0.0605. The van der Waals surface area contributed by atoms with E-state index in [0.717, 1.165) is 6.07 Å². The van der Waals surface area contributed by atoms with E-state index < -0.39 is 11.7 Å². The topological polar surface area (TPSA) is 91.2 Å². The summed E-state index contributed by atoms with van der Waals surface area (Å²) in [6, 6.07) is 12.1. The Morgan fingerprint density at radius 2 is 1.88 bits per heavy atom. The van der Waals surface area contributed by atoms with Gasteiger partial charge in [0.1, 0.15) is 11.6 Å². The Morgan fingerprint density at radius 3 is 2.50 bits per heavy atom. The van der Waals surface area contributed by atoms with Crippen LogP contribution in [0.25, 0.3) is 0 Å². The van der Waals surface area contributed by atoms with E-state index in [9.17, 15) is 14.0 Å². The molecule has 0 aliphatic carbocycles. The fraction of sp³-hybridized carbons (Fsp3) is 0.118. The second kappa shape index (κ2) is 7.74. The second-order valence-corrected chi connectivity index (χ2v) is 4.85. The molecule has 122 valence electrons. The quantitative estimate of drug-likeness (QED) is 0.883. The number of rotatable bonds is 5. The van der Waals surface area contributed by atoms with Gasteiger partial charge in [0, 0.05) is 12.6 Å². The Hall–Kier alpha value is -3.40. The van der Waals surface area contributed by atoms with Crippen molar-refractivity contribution in [2.24, 2.45) is 0 Å². The zero-order chi connectivity index (χ0) is 17.5. The van der Waals surface area contributed by atoms with Crippen LogP contribution in [0.4, 0.5) is 15.8 Å². The van der Waals surface area contributed by atoms with Crippen LogP contribution in [0.1, 0.15) is 12.5 Å². The molecule has 0 aliphatic rings. The molecule has 2 aromatic rings. The molecule has 7 heteroatoms. The van der Waals surface area contributed by atoms with E-state index in [2.05, 4.69) is 10.6 Å². The number of benzene rings is 2. The van der Waals surface area contributed by atoms with Gasteiger partial charge in [-0.25, -0.2) is 4.39 Å². The molecular formula is C17H14FN3O3. The smallest absolute Gasteiger partial charge is 0.262 e. The summed E-state index contributed by atoms with van der Waals surface area (Å²) in [5, 5.41) is 13.6. The van der Waals surface area contributed by atoms with Gasteiger partial charge < -0.3 is 15.4 Å². The maximum absolute atomic E-state index is 13.7. The standard InChI is InChI=1S/C17H14FN3O3/c1-11(22)20-13-4-7-15(18)16(8-13)21-17(23)10-24-14-5-2-12(9-19)3-6-14/h2-8H,10H2,1H3,(H,20,22)(H,21,23). The third kappa shape index (κ3) is 4.81. The van der Waals surface area contributed by atoms with Gasteiger partial charge in [0.2, 0.25) is 5.91 Å². The maximum Gasteiger partial charge on any atom is 0.262 e. The summed E-state index contributed by atoms with van der Waals surface area (Å²) in [4.78, 5) is 22.9. The molecule has 2 N–H and O–H groups in total. The average molecular weight is 327 g/mol. The molecule has 0 saturated carbocycles. The predicted molar refractivity (Wildman–Crippen MR) is 86.0 cm³/mol. The Bertz CT molecular complexity index is 798. The molecule has 2 aromatic carbocycles. The summed E-state index contributed by atoms with van der Waals surface area (Å²) >= 11 is 0. The number of nitriles is 1. The molecule has 2 amide bonds. The molecule has 0 saturated heterocycles. The number of ether oxygens (including phenoxy) is 1. The largest absolute Gasteiger partial charge is 0.484 e. The first kappa shape index (κ1) is 17.0. The van der Waals surface area contributed by atoms with Crippen molar-refractivity contribution in [2.45, 2.75) is 6.92 Å². The van der Waals surface area contributed by atoms with Crippen LogP contribution in [0.5, 0.6) is 5.75 Å². The van der Waals surface area contributed by atoms with Gasteiger partial charge >= 0.3 is 0 Å². The number of hydrogen-bond acceptors (Lipinski definition) is 4. The van der Waals surface area contributed by atoms with Crippen LogP contribution in [-0.2, 0) is 9.59 Å². The molecule has 0 atom stereocenters. The highest BCUT2D eigenvalue weighted by Gasteiger charge is 2.09. The maximum atomic E-state index is 13.7. The lowest BCUT2D eigenvalue weighted by Gasteiger charge is -2.10. The van der Waals surface area contributed by atoms with Crippen molar-refractivity contribution in [3.8, 4) is 11.8 Å². The Balaban J connectivity index is 1.96. The molecule has 0 aliphatic heterocycles.